The molecule has 0 saturated carbocycles. The standard InChI is InChI=1S/C13H19NO4S/c1-4-14(9-11(3)13(15)16)19(17,18)12-7-5-10(2)6-8-12/h5-8,11H,4,9H2,1-3H3,(H,15,16). The molecule has 0 aliphatic rings. The van der Waals surface area contributed by atoms with Crippen LogP contribution >= 0.6 is 0 Å². The summed E-state index contributed by atoms with van der Waals surface area (Å²) in [5.74, 6) is -1.74. The number of hydrogen-bond acceptors (Lipinski definition) is 3. The van der Waals surface area contributed by atoms with Crippen molar-refractivity contribution in [2.24, 2.45) is 5.92 Å². The van der Waals surface area contributed by atoms with Gasteiger partial charge in [-0.1, -0.05) is 31.5 Å². The maximum Gasteiger partial charge on any atom is 0.307 e. The van der Waals surface area contributed by atoms with Crippen LogP contribution in [0.25, 0.3) is 0 Å². The molecular formula is C13H19NO4S. The lowest BCUT2D eigenvalue weighted by molar-refractivity contribution is -0.141. The molecule has 0 bridgehead atoms. The predicted octanol–water partition coefficient (Wildman–Crippen LogP) is 1.73. The van der Waals surface area contributed by atoms with Gasteiger partial charge < -0.3 is 5.11 Å². The third kappa shape index (κ3) is 3.78. The summed E-state index contributed by atoms with van der Waals surface area (Å²) in [6, 6.07) is 6.53. The molecule has 0 amide bonds. The van der Waals surface area contributed by atoms with Crippen LogP contribution in [0, 0.1) is 12.8 Å². The number of nitrogens with zero attached hydrogens (tertiary/aromatic N) is 1. The number of benzene rings is 1. The molecule has 0 saturated heterocycles. The monoisotopic (exact) mass is 285 g/mol. The first-order valence-corrected chi connectivity index (χ1v) is 7.52. The number of carbonyl (C=O) groups is 1. The fraction of sp³-hybridized carbons (Fsp3) is 0.462. The molecule has 0 aliphatic heterocycles. The summed E-state index contributed by atoms with van der Waals surface area (Å²) in [7, 11) is -3.63. The van der Waals surface area contributed by atoms with E-state index in [4.69, 9.17) is 5.11 Å². The number of carboxylic acid groups (broad SMARTS) is 1. The number of sulfonamides is 1. The molecule has 1 unspecified atom stereocenters. The van der Waals surface area contributed by atoms with Crippen LogP contribution in [0.2, 0.25) is 0 Å². The number of aliphatic carboxylic acids is 1. The Bertz CT molecular complexity index is 536. The second-order valence-electron chi connectivity index (χ2n) is 4.51. The average molecular weight is 285 g/mol. The molecule has 0 heterocycles. The Kier molecular flexibility index (Phi) is 5.08. The van der Waals surface area contributed by atoms with Gasteiger partial charge in [-0.25, -0.2) is 8.42 Å². The minimum absolute atomic E-state index is 0.0258. The van der Waals surface area contributed by atoms with E-state index in [0.717, 1.165) is 5.56 Å². The molecule has 0 spiro atoms. The number of rotatable bonds is 6. The SMILES string of the molecule is CCN(CC(C)C(=O)O)S(=O)(=O)c1ccc(C)cc1. The van der Waals surface area contributed by atoms with E-state index < -0.39 is 21.9 Å². The van der Waals surface area contributed by atoms with Gasteiger partial charge in [0.05, 0.1) is 10.8 Å². The minimum atomic E-state index is -3.63. The smallest absolute Gasteiger partial charge is 0.307 e. The van der Waals surface area contributed by atoms with Gasteiger partial charge in [0, 0.05) is 13.1 Å². The zero-order valence-electron chi connectivity index (χ0n) is 11.3. The van der Waals surface area contributed by atoms with Crippen molar-refractivity contribution in [1.29, 1.82) is 0 Å². The summed E-state index contributed by atoms with van der Waals surface area (Å²) in [4.78, 5) is 11.0. The fourth-order valence-electron chi connectivity index (χ4n) is 1.64. The van der Waals surface area contributed by atoms with Crippen molar-refractivity contribution in [2.75, 3.05) is 13.1 Å². The van der Waals surface area contributed by atoms with Gasteiger partial charge in [0.25, 0.3) is 0 Å². The topological polar surface area (TPSA) is 74.7 Å². The van der Waals surface area contributed by atoms with Gasteiger partial charge in [-0.05, 0) is 19.1 Å². The second-order valence-corrected chi connectivity index (χ2v) is 6.45. The van der Waals surface area contributed by atoms with Gasteiger partial charge in [-0.2, -0.15) is 4.31 Å². The van der Waals surface area contributed by atoms with Crippen molar-refractivity contribution >= 4 is 16.0 Å². The van der Waals surface area contributed by atoms with E-state index in [0.29, 0.717) is 0 Å². The summed E-state index contributed by atoms with van der Waals surface area (Å²) in [6.07, 6.45) is 0. The van der Waals surface area contributed by atoms with Crippen molar-refractivity contribution in [3.8, 4) is 0 Å². The van der Waals surface area contributed by atoms with Gasteiger partial charge in [-0.15, -0.1) is 0 Å². The van der Waals surface area contributed by atoms with Crippen LogP contribution in [-0.2, 0) is 14.8 Å². The fourth-order valence-corrected chi connectivity index (χ4v) is 3.18. The molecule has 6 heteroatoms. The van der Waals surface area contributed by atoms with Crippen molar-refractivity contribution in [2.45, 2.75) is 25.7 Å². The lowest BCUT2D eigenvalue weighted by Crippen LogP contribution is -2.36. The Balaban J connectivity index is 3.02. The highest BCUT2D eigenvalue weighted by atomic mass is 32.2. The van der Waals surface area contributed by atoms with Gasteiger partial charge >= 0.3 is 5.97 Å². The highest BCUT2D eigenvalue weighted by Gasteiger charge is 2.26. The second kappa shape index (κ2) is 6.16. The first kappa shape index (κ1) is 15.7. The van der Waals surface area contributed by atoms with Crippen LogP contribution in [0.15, 0.2) is 29.2 Å². The van der Waals surface area contributed by atoms with Crippen LogP contribution < -0.4 is 0 Å². The molecule has 1 N–H and O–H groups in total. The van der Waals surface area contributed by atoms with Crippen molar-refractivity contribution in [1.82, 2.24) is 4.31 Å². The van der Waals surface area contributed by atoms with Crippen molar-refractivity contribution < 1.29 is 18.3 Å². The summed E-state index contributed by atoms with van der Waals surface area (Å²) in [5, 5.41) is 8.88. The maximum atomic E-state index is 12.4. The van der Waals surface area contributed by atoms with Crippen LogP contribution in [0.5, 0.6) is 0 Å². The number of carboxylic acids is 1. The highest BCUT2D eigenvalue weighted by Crippen LogP contribution is 2.17. The van der Waals surface area contributed by atoms with E-state index in [9.17, 15) is 13.2 Å². The summed E-state index contributed by atoms with van der Waals surface area (Å²) >= 11 is 0. The summed E-state index contributed by atoms with van der Waals surface area (Å²) in [6.45, 7) is 5.28. The van der Waals surface area contributed by atoms with Crippen LogP contribution in [0.1, 0.15) is 19.4 Å². The van der Waals surface area contributed by atoms with E-state index in [1.54, 1.807) is 31.2 Å². The van der Waals surface area contributed by atoms with E-state index in [1.807, 2.05) is 6.92 Å². The molecule has 106 valence electrons. The minimum Gasteiger partial charge on any atom is -0.481 e. The van der Waals surface area contributed by atoms with Crippen molar-refractivity contribution in [3.63, 3.8) is 0 Å². The highest BCUT2D eigenvalue weighted by molar-refractivity contribution is 7.89. The molecule has 0 aliphatic carbocycles. The lowest BCUT2D eigenvalue weighted by atomic mass is 10.2. The van der Waals surface area contributed by atoms with Crippen molar-refractivity contribution in [3.05, 3.63) is 29.8 Å². The lowest BCUT2D eigenvalue weighted by Gasteiger charge is -2.22. The molecule has 0 aromatic heterocycles. The summed E-state index contributed by atoms with van der Waals surface area (Å²) < 4.78 is 25.9. The molecule has 0 fully saturated rings. The van der Waals surface area contributed by atoms with Gasteiger partial charge in [0.2, 0.25) is 10.0 Å². The molecular weight excluding hydrogens is 266 g/mol. The quantitative estimate of drug-likeness (QED) is 0.863. The third-order valence-corrected chi connectivity index (χ3v) is 4.87. The predicted molar refractivity (Wildman–Crippen MR) is 72.4 cm³/mol. The van der Waals surface area contributed by atoms with E-state index in [2.05, 4.69) is 0 Å². The third-order valence-electron chi connectivity index (χ3n) is 2.91. The zero-order chi connectivity index (χ0) is 14.6. The molecule has 1 rings (SSSR count). The van der Waals surface area contributed by atoms with E-state index >= 15 is 0 Å². The molecule has 0 radical (unpaired) electrons. The van der Waals surface area contributed by atoms with Gasteiger partial charge in [-0.3, -0.25) is 4.79 Å². The number of aryl methyl sites for hydroxylation is 1. The number of hydrogen-bond donors (Lipinski definition) is 1. The summed E-state index contributed by atoms with van der Waals surface area (Å²) in [5.41, 5.74) is 0.973. The molecule has 5 nitrogen and oxygen atoms in total. The van der Waals surface area contributed by atoms with Gasteiger partial charge in [0.1, 0.15) is 0 Å². The first-order chi connectivity index (χ1) is 8.78. The maximum absolute atomic E-state index is 12.4. The Hall–Kier alpha value is -1.40. The average Bonchev–Trinajstić information content (AvgIpc) is 2.35. The van der Waals surface area contributed by atoms with E-state index in [-0.39, 0.29) is 18.0 Å². The Morgan fingerprint density at radius 3 is 2.26 bits per heavy atom. The Morgan fingerprint density at radius 1 is 1.32 bits per heavy atom. The Morgan fingerprint density at radius 2 is 1.84 bits per heavy atom. The first-order valence-electron chi connectivity index (χ1n) is 6.08. The normalized spacial score (nSPS) is 13.5. The zero-order valence-corrected chi connectivity index (χ0v) is 12.1. The molecule has 1 atom stereocenters. The van der Waals surface area contributed by atoms with Crippen LogP contribution in [-0.4, -0.2) is 36.9 Å². The van der Waals surface area contributed by atoms with E-state index in [1.165, 1.54) is 11.2 Å². The molecule has 1 aromatic rings. The van der Waals surface area contributed by atoms with Crippen LogP contribution in [0.3, 0.4) is 0 Å². The largest absolute Gasteiger partial charge is 0.481 e. The molecule has 1 aromatic carbocycles. The van der Waals surface area contributed by atoms with Gasteiger partial charge in [0.15, 0.2) is 0 Å². The molecule has 19 heavy (non-hydrogen) atoms. The Labute approximate surface area is 113 Å². The van der Waals surface area contributed by atoms with Crippen LogP contribution in [0.4, 0.5) is 0 Å².